The first kappa shape index (κ1) is 13.4. The molecule has 0 saturated carbocycles. The molecule has 1 aliphatic rings. The van der Waals surface area contributed by atoms with Crippen LogP contribution in [0, 0.1) is 11.3 Å². The molecule has 1 aromatic heterocycles. The first-order valence-corrected chi connectivity index (χ1v) is 7.08. The molecule has 21 heavy (non-hydrogen) atoms. The maximum Gasteiger partial charge on any atom is 0.245 e. The van der Waals surface area contributed by atoms with E-state index < -0.39 is 6.04 Å². The van der Waals surface area contributed by atoms with Crippen LogP contribution in [0.1, 0.15) is 31.4 Å². The number of hydrogen-bond acceptors (Lipinski definition) is 4. The monoisotopic (exact) mass is 283 g/mol. The van der Waals surface area contributed by atoms with E-state index in [0.717, 1.165) is 31.4 Å². The van der Waals surface area contributed by atoms with Gasteiger partial charge < -0.3 is 10.6 Å². The molecule has 1 unspecified atom stereocenters. The Bertz CT molecular complexity index is 736. The minimum Gasteiger partial charge on any atom is -0.369 e. The Kier molecular flexibility index (Phi) is 3.26. The summed E-state index contributed by atoms with van der Waals surface area (Å²) in [5.41, 5.74) is 7.94. The van der Waals surface area contributed by atoms with Gasteiger partial charge in [-0.05, 0) is 38.0 Å². The van der Waals surface area contributed by atoms with Crippen LogP contribution < -0.4 is 5.73 Å². The normalized spacial score (nSPS) is 16.1. The Hall–Kier alpha value is -2.55. The zero-order chi connectivity index (χ0) is 15.0. The lowest BCUT2D eigenvalue weighted by Crippen LogP contribution is -2.34. The fourth-order valence-corrected chi connectivity index (χ4v) is 2.90. The first-order valence-electron chi connectivity index (χ1n) is 7.08. The topological polar surface area (TPSA) is 87.9 Å². The van der Waals surface area contributed by atoms with Gasteiger partial charge in [0, 0.05) is 13.1 Å². The summed E-state index contributed by atoms with van der Waals surface area (Å²) in [6.07, 6.45) is 2.11. The van der Waals surface area contributed by atoms with Crippen molar-refractivity contribution in [2.24, 2.45) is 0 Å². The van der Waals surface area contributed by atoms with Crippen LogP contribution in [-0.4, -0.2) is 33.4 Å². The molecule has 2 heterocycles. The van der Waals surface area contributed by atoms with Crippen LogP contribution in [0.5, 0.6) is 0 Å². The summed E-state index contributed by atoms with van der Waals surface area (Å²) in [4.78, 5) is 18.7. The number of nitrogens with two attached hydrogens (primary N) is 1. The Morgan fingerprint density at radius 2 is 2.14 bits per heavy atom. The molecule has 1 saturated heterocycles. The van der Waals surface area contributed by atoms with Crippen molar-refractivity contribution in [1.82, 2.24) is 14.5 Å². The van der Waals surface area contributed by atoms with Gasteiger partial charge in [-0.1, -0.05) is 0 Å². The third-order valence-corrected chi connectivity index (χ3v) is 4.01. The van der Waals surface area contributed by atoms with Gasteiger partial charge in [0.2, 0.25) is 11.9 Å². The fourth-order valence-electron chi connectivity index (χ4n) is 2.90. The summed E-state index contributed by atoms with van der Waals surface area (Å²) in [5.74, 6) is 0.362. The number of likely N-dealkylation sites (tertiary alicyclic amines) is 1. The number of nitrogens with zero attached hydrogens (tertiary/aromatic N) is 4. The number of carbonyl (C=O) groups is 1. The predicted octanol–water partition coefficient (Wildman–Crippen LogP) is 1.67. The van der Waals surface area contributed by atoms with E-state index in [2.05, 4.69) is 11.1 Å². The lowest BCUT2D eigenvalue weighted by molar-refractivity contribution is -0.133. The smallest absolute Gasteiger partial charge is 0.245 e. The van der Waals surface area contributed by atoms with Gasteiger partial charge in [0.15, 0.2) is 0 Å². The second-order valence-electron chi connectivity index (χ2n) is 5.36. The molecule has 1 aliphatic heterocycles. The number of nitriles is 1. The number of aromatic nitrogens is 2. The van der Waals surface area contributed by atoms with Crippen LogP contribution in [0.3, 0.4) is 0 Å². The SMILES string of the molecule is CC(C(=O)N1CCCC1)n1c(N)nc2ccc(C#N)cc21. The summed E-state index contributed by atoms with van der Waals surface area (Å²) in [6, 6.07) is 6.87. The van der Waals surface area contributed by atoms with Gasteiger partial charge in [0.05, 0.1) is 22.7 Å². The Morgan fingerprint density at radius 3 is 2.81 bits per heavy atom. The summed E-state index contributed by atoms with van der Waals surface area (Å²) in [7, 11) is 0. The quantitative estimate of drug-likeness (QED) is 0.908. The third kappa shape index (κ3) is 2.21. The average Bonchev–Trinajstić information content (AvgIpc) is 3.11. The zero-order valence-electron chi connectivity index (χ0n) is 11.9. The fraction of sp³-hybridized carbons (Fsp3) is 0.400. The number of hydrogen-bond donors (Lipinski definition) is 1. The second kappa shape index (κ2) is 5.09. The lowest BCUT2D eigenvalue weighted by Gasteiger charge is -2.22. The van der Waals surface area contributed by atoms with Crippen molar-refractivity contribution in [3.8, 4) is 6.07 Å². The van der Waals surface area contributed by atoms with Crippen LogP contribution in [-0.2, 0) is 4.79 Å². The molecule has 0 radical (unpaired) electrons. The van der Waals surface area contributed by atoms with E-state index in [0.29, 0.717) is 17.0 Å². The molecule has 2 N–H and O–H groups in total. The van der Waals surface area contributed by atoms with Gasteiger partial charge in [0.1, 0.15) is 6.04 Å². The first-order chi connectivity index (χ1) is 10.1. The van der Waals surface area contributed by atoms with Crippen LogP contribution >= 0.6 is 0 Å². The molecule has 0 aliphatic carbocycles. The van der Waals surface area contributed by atoms with E-state index in [-0.39, 0.29) is 5.91 Å². The molecular formula is C15H17N5O. The van der Waals surface area contributed by atoms with Crippen molar-refractivity contribution < 1.29 is 4.79 Å². The minimum atomic E-state index is -0.415. The number of carbonyl (C=O) groups excluding carboxylic acids is 1. The number of benzene rings is 1. The van der Waals surface area contributed by atoms with Crippen LogP contribution in [0.2, 0.25) is 0 Å². The highest BCUT2D eigenvalue weighted by Crippen LogP contribution is 2.25. The molecule has 1 aromatic carbocycles. The highest BCUT2D eigenvalue weighted by Gasteiger charge is 2.26. The van der Waals surface area contributed by atoms with Gasteiger partial charge in [-0.2, -0.15) is 5.26 Å². The number of fused-ring (bicyclic) bond motifs is 1. The van der Waals surface area contributed by atoms with Crippen LogP contribution in [0.25, 0.3) is 11.0 Å². The zero-order valence-corrected chi connectivity index (χ0v) is 11.9. The van der Waals surface area contributed by atoms with E-state index >= 15 is 0 Å². The number of rotatable bonds is 2. The van der Waals surface area contributed by atoms with Gasteiger partial charge in [0.25, 0.3) is 0 Å². The number of imidazole rings is 1. The Morgan fingerprint density at radius 1 is 1.43 bits per heavy atom. The van der Waals surface area contributed by atoms with Crippen molar-refractivity contribution >= 4 is 22.9 Å². The summed E-state index contributed by atoms with van der Waals surface area (Å²) < 4.78 is 1.72. The van der Waals surface area contributed by atoms with Crippen molar-refractivity contribution in [2.45, 2.75) is 25.8 Å². The van der Waals surface area contributed by atoms with E-state index in [9.17, 15) is 4.79 Å². The molecular weight excluding hydrogens is 266 g/mol. The summed E-state index contributed by atoms with van der Waals surface area (Å²) >= 11 is 0. The minimum absolute atomic E-state index is 0.0564. The molecule has 3 rings (SSSR count). The van der Waals surface area contributed by atoms with Gasteiger partial charge in [-0.25, -0.2) is 4.98 Å². The maximum atomic E-state index is 12.6. The highest BCUT2D eigenvalue weighted by atomic mass is 16.2. The molecule has 1 fully saturated rings. The highest BCUT2D eigenvalue weighted by molar-refractivity contribution is 5.86. The molecule has 108 valence electrons. The molecule has 2 aromatic rings. The van der Waals surface area contributed by atoms with Gasteiger partial charge >= 0.3 is 0 Å². The largest absolute Gasteiger partial charge is 0.369 e. The molecule has 6 heteroatoms. The number of anilines is 1. The van der Waals surface area contributed by atoms with E-state index in [1.165, 1.54) is 0 Å². The van der Waals surface area contributed by atoms with Gasteiger partial charge in [-0.3, -0.25) is 9.36 Å². The second-order valence-corrected chi connectivity index (χ2v) is 5.36. The standard InChI is InChI=1S/C15H17N5O/c1-10(14(21)19-6-2-3-7-19)20-13-8-11(9-16)4-5-12(13)18-15(20)17/h4-5,8,10H,2-3,6-7H2,1H3,(H2,17,18). The third-order valence-electron chi connectivity index (χ3n) is 4.01. The molecule has 0 bridgehead atoms. The van der Waals surface area contributed by atoms with E-state index in [1.807, 2.05) is 11.8 Å². The molecule has 6 nitrogen and oxygen atoms in total. The van der Waals surface area contributed by atoms with E-state index in [1.54, 1.807) is 22.8 Å². The van der Waals surface area contributed by atoms with Crippen LogP contribution in [0.4, 0.5) is 5.95 Å². The average molecular weight is 283 g/mol. The molecule has 1 atom stereocenters. The predicted molar refractivity (Wildman–Crippen MR) is 79.4 cm³/mol. The molecule has 0 spiro atoms. The van der Waals surface area contributed by atoms with Crippen molar-refractivity contribution in [3.05, 3.63) is 23.8 Å². The number of nitrogen functional groups attached to an aromatic ring is 1. The van der Waals surface area contributed by atoms with Gasteiger partial charge in [-0.15, -0.1) is 0 Å². The summed E-state index contributed by atoms with van der Waals surface area (Å²) in [6.45, 7) is 3.44. The lowest BCUT2D eigenvalue weighted by atomic mass is 10.2. The van der Waals surface area contributed by atoms with Crippen molar-refractivity contribution in [2.75, 3.05) is 18.8 Å². The van der Waals surface area contributed by atoms with Crippen molar-refractivity contribution in [3.63, 3.8) is 0 Å². The molecule has 1 amide bonds. The van der Waals surface area contributed by atoms with Crippen molar-refractivity contribution in [1.29, 1.82) is 5.26 Å². The Labute approximate surface area is 122 Å². The maximum absolute atomic E-state index is 12.6. The Balaban J connectivity index is 2.04. The summed E-state index contributed by atoms with van der Waals surface area (Å²) in [5, 5.41) is 9.03. The van der Waals surface area contributed by atoms with Crippen LogP contribution in [0.15, 0.2) is 18.2 Å². The van der Waals surface area contributed by atoms with E-state index in [4.69, 9.17) is 11.0 Å². The number of amides is 1.